The van der Waals surface area contributed by atoms with Gasteiger partial charge in [-0.25, -0.2) is 9.67 Å². The van der Waals surface area contributed by atoms with Crippen LogP contribution in [0.5, 0.6) is 0 Å². The van der Waals surface area contributed by atoms with E-state index in [0.29, 0.717) is 11.8 Å². The fourth-order valence-corrected chi connectivity index (χ4v) is 5.52. The molecule has 5 rings (SSSR count). The second-order valence-electron chi connectivity index (χ2n) is 7.71. The Morgan fingerprint density at radius 2 is 1.89 bits per heavy atom. The van der Waals surface area contributed by atoms with Crippen molar-refractivity contribution in [2.45, 2.75) is 57.7 Å². The minimum Gasteiger partial charge on any atom is -0.304 e. The normalized spacial score (nSPS) is 19.1. The smallest absolute Gasteiger partial charge is 0.199 e. The summed E-state index contributed by atoms with van der Waals surface area (Å²) in [6, 6.07) is 8.47. The molecule has 0 unspecified atom stereocenters. The van der Waals surface area contributed by atoms with Crippen LogP contribution in [-0.4, -0.2) is 37.3 Å². The molecule has 3 aromatic rings. The van der Waals surface area contributed by atoms with Crippen molar-refractivity contribution in [1.29, 1.82) is 0 Å². The number of hydrogen-bond donors (Lipinski definition) is 0. The van der Waals surface area contributed by atoms with Crippen molar-refractivity contribution in [2.75, 3.05) is 13.1 Å². The fourth-order valence-electron chi connectivity index (χ4n) is 4.07. The Bertz CT molecular complexity index is 972. The molecule has 27 heavy (non-hydrogen) atoms. The van der Waals surface area contributed by atoms with Crippen LogP contribution in [0.2, 0.25) is 0 Å². The van der Waals surface area contributed by atoms with Crippen molar-refractivity contribution >= 4 is 33.8 Å². The van der Waals surface area contributed by atoms with Crippen LogP contribution in [-0.2, 0) is 13.2 Å². The third kappa shape index (κ3) is 3.37. The van der Waals surface area contributed by atoms with Gasteiger partial charge >= 0.3 is 0 Å². The predicted octanol–water partition coefficient (Wildman–Crippen LogP) is 4.76. The molecule has 1 aliphatic carbocycles. The van der Waals surface area contributed by atoms with Crippen LogP contribution in [0, 0.1) is 4.77 Å². The summed E-state index contributed by atoms with van der Waals surface area (Å²) < 4.78 is 6.46. The Balaban J connectivity index is 1.26. The molecule has 1 aliphatic heterocycles. The maximum Gasteiger partial charge on any atom is 0.199 e. The van der Waals surface area contributed by atoms with Gasteiger partial charge in [-0.1, -0.05) is 12.1 Å². The van der Waals surface area contributed by atoms with Gasteiger partial charge in [0.1, 0.15) is 5.82 Å². The maximum atomic E-state index is 5.69. The lowest BCUT2D eigenvalue weighted by Crippen LogP contribution is -2.34. The summed E-state index contributed by atoms with van der Waals surface area (Å²) in [5, 5.41) is 6.17. The van der Waals surface area contributed by atoms with Crippen molar-refractivity contribution in [3.05, 3.63) is 39.9 Å². The van der Waals surface area contributed by atoms with Gasteiger partial charge in [-0.15, -0.1) is 11.3 Å². The molecule has 2 aliphatic rings. The minimum atomic E-state index is 0.585. The first kappa shape index (κ1) is 17.5. The zero-order chi connectivity index (χ0) is 18.4. The Labute approximate surface area is 168 Å². The minimum absolute atomic E-state index is 0.585. The molecule has 0 atom stereocenters. The van der Waals surface area contributed by atoms with Gasteiger partial charge in [-0.2, -0.15) is 5.10 Å². The summed E-state index contributed by atoms with van der Waals surface area (Å²) >= 11 is 7.56. The van der Waals surface area contributed by atoms with Gasteiger partial charge in [0.25, 0.3) is 0 Å². The summed E-state index contributed by atoms with van der Waals surface area (Å²) in [6.07, 6.45) is 4.85. The molecule has 2 fully saturated rings. The lowest BCUT2D eigenvalue weighted by molar-refractivity contribution is 0.160. The van der Waals surface area contributed by atoms with E-state index in [9.17, 15) is 0 Å². The maximum absolute atomic E-state index is 5.69. The Morgan fingerprint density at radius 1 is 1.11 bits per heavy atom. The number of likely N-dealkylation sites (tertiary alicyclic amines) is 1. The van der Waals surface area contributed by atoms with E-state index in [2.05, 4.69) is 40.7 Å². The van der Waals surface area contributed by atoms with Crippen LogP contribution in [0.4, 0.5) is 0 Å². The Kier molecular flexibility index (Phi) is 4.61. The SMILES string of the molecule is CCn1c(C2CC2)nn(CN2CCC(c3nc4ccccc4s3)CC2)c1=S. The Morgan fingerprint density at radius 3 is 2.59 bits per heavy atom. The van der Waals surface area contributed by atoms with E-state index >= 15 is 0 Å². The predicted molar refractivity (Wildman–Crippen MR) is 112 cm³/mol. The van der Waals surface area contributed by atoms with E-state index in [4.69, 9.17) is 22.3 Å². The second-order valence-corrected chi connectivity index (χ2v) is 9.14. The molecule has 2 aromatic heterocycles. The number of rotatable bonds is 5. The third-order valence-electron chi connectivity index (χ3n) is 5.79. The lowest BCUT2D eigenvalue weighted by atomic mass is 9.98. The van der Waals surface area contributed by atoms with Crippen molar-refractivity contribution in [3.8, 4) is 0 Å². The highest BCUT2D eigenvalue weighted by Crippen LogP contribution is 2.39. The zero-order valence-electron chi connectivity index (χ0n) is 15.7. The number of aromatic nitrogens is 4. The average molecular weight is 400 g/mol. The fraction of sp³-hybridized carbons (Fsp3) is 0.550. The molecule has 0 amide bonds. The largest absolute Gasteiger partial charge is 0.304 e. The van der Waals surface area contributed by atoms with Gasteiger partial charge in [0.05, 0.1) is 21.9 Å². The van der Waals surface area contributed by atoms with E-state index in [1.54, 1.807) is 0 Å². The van der Waals surface area contributed by atoms with Gasteiger partial charge in [0, 0.05) is 31.5 Å². The number of hydrogen-bond acceptors (Lipinski definition) is 5. The van der Waals surface area contributed by atoms with Crippen molar-refractivity contribution in [1.82, 2.24) is 24.2 Å². The van der Waals surface area contributed by atoms with E-state index in [0.717, 1.165) is 49.4 Å². The monoisotopic (exact) mass is 399 g/mol. The molecular formula is C20H25N5S2. The summed E-state index contributed by atoms with van der Waals surface area (Å²) in [7, 11) is 0. The van der Waals surface area contributed by atoms with Crippen molar-refractivity contribution in [3.63, 3.8) is 0 Å². The van der Waals surface area contributed by atoms with Crippen LogP contribution in [0.1, 0.15) is 55.3 Å². The van der Waals surface area contributed by atoms with E-state index in [-0.39, 0.29) is 0 Å². The topological polar surface area (TPSA) is 38.9 Å². The van der Waals surface area contributed by atoms with Crippen LogP contribution in [0.15, 0.2) is 24.3 Å². The molecule has 0 N–H and O–H groups in total. The molecule has 0 bridgehead atoms. The molecule has 5 nitrogen and oxygen atoms in total. The summed E-state index contributed by atoms with van der Waals surface area (Å²) in [6.45, 7) is 6.07. The molecule has 0 spiro atoms. The first-order chi connectivity index (χ1) is 13.2. The van der Waals surface area contributed by atoms with Crippen LogP contribution in [0.3, 0.4) is 0 Å². The zero-order valence-corrected chi connectivity index (χ0v) is 17.3. The lowest BCUT2D eigenvalue weighted by Gasteiger charge is -2.30. The highest BCUT2D eigenvalue weighted by Gasteiger charge is 2.30. The number of nitrogens with zero attached hydrogens (tertiary/aromatic N) is 5. The average Bonchev–Trinajstić information content (AvgIpc) is 3.37. The summed E-state index contributed by atoms with van der Waals surface area (Å²) in [4.78, 5) is 7.36. The van der Waals surface area contributed by atoms with E-state index in [1.807, 2.05) is 16.0 Å². The highest BCUT2D eigenvalue weighted by atomic mass is 32.1. The molecule has 142 valence electrons. The molecule has 1 saturated carbocycles. The standard InChI is InChI=1S/C20H25N5S2/c1-2-24-18(14-7-8-14)22-25(20(24)26)13-23-11-9-15(10-12-23)19-21-16-5-3-4-6-17(16)27-19/h3-6,14-15H,2,7-13H2,1H3. The molecule has 1 saturated heterocycles. The summed E-state index contributed by atoms with van der Waals surface area (Å²) in [5.41, 5.74) is 1.14. The van der Waals surface area contributed by atoms with E-state index < -0.39 is 0 Å². The Hall–Kier alpha value is -1.57. The number of fused-ring (bicyclic) bond motifs is 1. The number of thiazole rings is 1. The quantitative estimate of drug-likeness (QED) is 0.580. The first-order valence-corrected chi connectivity index (χ1v) is 11.2. The van der Waals surface area contributed by atoms with Gasteiger partial charge < -0.3 is 4.57 Å². The third-order valence-corrected chi connectivity index (χ3v) is 7.42. The number of benzene rings is 1. The van der Waals surface area contributed by atoms with Gasteiger partial charge in [0.15, 0.2) is 4.77 Å². The van der Waals surface area contributed by atoms with Crippen LogP contribution < -0.4 is 0 Å². The van der Waals surface area contributed by atoms with Crippen molar-refractivity contribution in [2.24, 2.45) is 0 Å². The van der Waals surface area contributed by atoms with Crippen LogP contribution >= 0.6 is 23.6 Å². The first-order valence-electron chi connectivity index (χ1n) is 9.98. The summed E-state index contributed by atoms with van der Waals surface area (Å²) in [5.74, 6) is 2.42. The van der Waals surface area contributed by atoms with Crippen LogP contribution in [0.25, 0.3) is 10.2 Å². The molecule has 7 heteroatoms. The number of piperidine rings is 1. The number of para-hydroxylation sites is 1. The second kappa shape index (κ2) is 7.11. The van der Waals surface area contributed by atoms with Gasteiger partial charge in [-0.05, 0) is 57.0 Å². The molecule has 1 aromatic carbocycles. The van der Waals surface area contributed by atoms with E-state index in [1.165, 1.54) is 28.4 Å². The molecule has 0 radical (unpaired) electrons. The van der Waals surface area contributed by atoms with Crippen molar-refractivity contribution < 1.29 is 0 Å². The molecule has 3 heterocycles. The highest BCUT2D eigenvalue weighted by molar-refractivity contribution is 7.71. The molecular weight excluding hydrogens is 374 g/mol. The van der Waals surface area contributed by atoms with Gasteiger partial charge in [-0.3, -0.25) is 4.90 Å². The van der Waals surface area contributed by atoms with Gasteiger partial charge in [0.2, 0.25) is 0 Å².